The molecule has 8 heteroatoms. The van der Waals surface area contributed by atoms with Crippen molar-refractivity contribution in [2.24, 2.45) is 0 Å². The molecule has 0 saturated carbocycles. The smallest absolute Gasteiger partial charge is 0.335 e. The predicted molar refractivity (Wildman–Crippen MR) is 78.1 cm³/mol. The minimum Gasteiger partial charge on any atom is -0.506 e. The van der Waals surface area contributed by atoms with Crippen LogP contribution in [0.3, 0.4) is 0 Å². The van der Waals surface area contributed by atoms with Gasteiger partial charge in [0, 0.05) is 28.3 Å². The van der Waals surface area contributed by atoms with E-state index in [2.05, 4.69) is 10.6 Å². The zero-order chi connectivity index (χ0) is 15.4. The summed E-state index contributed by atoms with van der Waals surface area (Å²) >= 11 is 0. The molecule has 21 heavy (non-hydrogen) atoms. The fraction of sp³-hybridized carbons (Fsp3) is 0.385. The number of aromatic carboxylic acids is 1. The summed E-state index contributed by atoms with van der Waals surface area (Å²) in [6.07, 6.45) is 1.31. The predicted octanol–water partition coefficient (Wildman–Crippen LogP) is 1.12. The quantitative estimate of drug-likeness (QED) is 0.624. The van der Waals surface area contributed by atoms with Gasteiger partial charge in [0.25, 0.3) is 0 Å². The van der Waals surface area contributed by atoms with Crippen molar-refractivity contribution in [3.63, 3.8) is 0 Å². The number of carbonyl (C=O) groups excluding carboxylic acids is 1. The molecular formula is C13H16N2O5S. The first-order valence-corrected chi connectivity index (χ1v) is 7.93. The van der Waals surface area contributed by atoms with E-state index in [0.717, 1.165) is 6.07 Å². The molecule has 0 radical (unpaired) electrons. The fourth-order valence-electron chi connectivity index (χ4n) is 2.05. The highest BCUT2D eigenvalue weighted by molar-refractivity contribution is 7.85. The van der Waals surface area contributed by atoms with E-state index in [1.54, 1.807) is 0 Å². The van der Waals surface area contributed by atoms with Crippen molar-refractivity contribution in [1.29, 1.82) is 0 Å². The number of aromatic hydroxyl groups is 1. The number of anilines is 1. The number of hydrogen-bond donors (Lipinski definition) is 4. The number of benzene rings is 1. The van der Waals surface area contributed by atoms with Crippen molar-refractivity contribution in [2.45, 2.75) is 18.9 Å². The molecule has 1 aliphatic heterocycles. The van der Waals surface area contributed by atoms with E-state index in [4.69, 9.17) is 5.11 Å². The molecule has 0 atom stereocenters. The monoisotopic (exact) mass is 312 g/mol. The molecule has 1 aliphatic rings. The number of amides is 2. The zero-order valence-electron chi connectivity index (χ0n) is 11.2. The fourth-order valence-corrected chi connectivity index (χ4v) is 3.35. The van der Waals surface area contributed by atoms with Gasteiger partial charge in [0.15, 0.2) is 0 Å². The first-order chi connectivity index (χ1) is 9.95. The van der Waals surface area contributed by atoms with Gasteiger partial charge in [-0.15, -0.1) is 0 Å². The Balaban J connectivity index is 1.93. The van der Waals surface area contributed by atoms with E-state index in [1.165, 1.54) is 12.1 Å². The highest BCUT2D eigenvalue weighted by Crippen LogP contribution is 2.24. The molecule has 0 bridgehead atoms. The van der Waals surface area contributed by atoms with Crippen molar-refractivity contribution in [1.82, 2.24) is 5.32 Å². The van der Waals surface area contributed by atoms with Gasteiger partial charge in [-0.25, -0.2) is 9.59 Å². The third-order valence-corrected chi connectivity index (χ3v) is 4.60. The summed E-state index contributed by atoms with van der Waals surface area (Å²) in [5, 5.41) is 23.7. The van der Waals surface area contributed by atoms with Crippen LogP contribution in [0.5, 0.6) is 5.75 Å². The van der Waals surface area contributed by atoms with Gasteiger partial charge in [-0.1, -0.05) is 0 Å². The van der Waals surface area contributed by atoms with Gasteiger partial charge >= 0.3 is 12.0 Å². The molecule has 1 aromatic carbocycles. The van der Waals surface area contributed by atoms with Gasteiger partial charge in [-0.2, -0.15) is 0 Å². The Hall–Kier alpha value is -2.09. The number of phenolic OH excluding ortho intramolecular Hbond substituents is 1. The summed E-state index contributed by atoms with van der Waals surface area (Å²) in [5.41, 5.74) is 0.0742. The molecule has 1 aromatic rings. The second-order valence-electron chi connectivity index (χ2n) is 4.76. The molecular weight excluding hydrogens is 296 g/mol. The van der Waals surface area contributed by atoms with Gasteiger partial charge in [-0.3, -0.25) is 4.21 Å². The number of carbonyl (C=O) groups is 2. The van der Waals surface area contributed by atoms with Crippen LogP contribution in [0, 0.1) is 0 Å². The summed E-state index contributed by atoms with van der Waals surface area (Å²) < 4.78 is 11.2. The molecule has 0 aromatic heterocycles. The lowest BCUT2D eigenvalue weighted by Crippen LogP contribution is -2.41. The SMILES string of the molecule is O=C(Nc1ccc(C(=O)O)cc1O)NC1CCS(=O)CC1. The van der Waals surface area contributed by atoms with Crippen LogP contribution in [0.2, 0.25) is 0 Å². The molecule has 4 N–H and O–H groups in total. The van der Waals surface area contributed by atoms with Gasteiger partial charge in [0.2, 0.25) is 0 Å². The summed E-state index contributed by atoms with van der Waals surface area (Å²) in [5.74, 6) is -0.321. The summed E-state index contributed by atoms with van der Waals surface area (Å²) in [4.78, 5) is 22.5. The van der Waals surface area contributed by atoms with Crippen molar-refractivity contribution < 1.29 is 24.0 Å². The number of rotatable bonds is 3. The third-order valence-electron chi connectivity index (χ3n) is 3.22. The molecule has 7 nitrogen and oxygen atoms in total. The maximum atomic E-state index is 11.8. The highest BCUT2D eigenvalue weighted by atomic mass is 32.2. The molecule has 2 amide bonds. The van der Waals surface area contributed by atoms with Crippen LogP contribution >= 0.6 is 0 Å². The van der Waals surface area contributed by atoms with Crippen molar-refractivity contribution >= 4 is 28.5 Å². The van der Waals surface area contributed by atoms with E-state index in [-0.39, 0.29) is 23.0 Å². The van der Waals surface area contributed by atoms with Gasteiger partial charge < -0.3 is 20.8 Å². The number of nitrogens with one attached hydrogen (secondary N) is 2. The Labute approximate surface area is 123 Å². The molecule has 0 unspecified atom stereocenters. The maximum Gasteiger partial charge on any atom is 0.335 e. The molecule has 0 spiro atoms. The van der Waals surface area contributed by atoms with Gasteiger partial charge in [0.1, 0.15) is 5.75 Å². The van der Waals surface area contributed by atoms with E-state index < -0.39 is 22.8 Å². The normalized spacial score (nSPS) is 21.5. The Bertz CT molecular complexity index is 580. The summed E-state index contributed by atoms with van der Waals surface area (Å²) in [6, 6.07) is 3.17. The number of urea groups is 1. The first-order valence-electron chi connectivity index (χ1n) is 6.44. The minimum atomic E-state index is -1.16. The van der Waals surface area contributed by atoms with Crippen LogP contribution in [0.25, 0.3) is 0 Å². The molecule has 1 fully saturated rings. The average Bonchev–Trinajstić information content (AvgIpc) is 2.43. The highest BCUT2D eigenvalue weighted by Gasteiger charge is 2.20. The minimum absolute atomic E-state index is 0.0388. The lowest BCUT2D eigenvalue weighted by atomic mass is 10.1. The molecule has 1 heterocycles. The average molecular weight is 312 g/mol. The second-order valence-corrected chi connectivity index (χ2v) is 6.45. The molecule has 114 valence electrons. The van der Waals surface area contributed by atoms with E-state index in [9.17, 15) is 18.9 Å². The summed E-state index contributed by atoms with van der Waals surface area (Å²) in [6.45, 7) is 0. The van der Waals surface area contributed by atoms with Crippen molar-refractivity contribution in [3.8, 4) is 5.75 Å². The number of phenols is 1. The van der Waals surface area contributed by atoms with E-state index in [1.807, 2.05) is 0 Å². The van der Waals surface area contributed by atoms with Crippen molar-refractivity contribution in [2.75, 3.05) is 16.8 Å². The van der Waals surface area contributed by atoms with Crippen LogP contribution in [-0.4, -0.2) is 44.0 Å². The maximum absolute atomic E-state index is 11.8. The van der Waals surface area contributed by atoms with Crippen LogP contribution < -0.4 is 10.6 Å². The topological polar surface area (TPSA) is 116 Å². The Morgan fingerprint density at radius 1 is 1.24 bits per heavy atom. The van der Waals surface area contributed by atoms with Gasteiger partial charge in [-0.05, 0) is 31.0 Å². The summed E-state index contributed by atoms with van der Waals surface area (Å²) in [7, 11) is -0.792. The Morgan fingerprint density at radius 3 is 2.48 bits per heavy atom. The van der Waals surface area contributed by atoms with E-state index in [0.29, 0.717) is 24.3 Å². The van der Waals surface area contributed by atoms with Crippen LogP contribution in [0.1, 0.15) is 23.2 Å². The van der Waals surface area contributed by atoms with Crippen LogP contribution in [0.15, 0.2) is 18.2 Å². The van der Waals surface area contributed by atoms with Crippen LogP contribution in [-0.2, 0) is 10.8 Å². The Morgan fingerprint density at radius 2 is 1.90 bits per heavy atom. The lowest BCUT2D eigenvalue weighted by molar-refractivity contribution is 0.0696. The third kappa shape index (κ3) is 4.19. The number of carboxylic acid groups (broad SMARTS) is 1. The Kier molecular flexibility index (Phi) is 4.79. The number of hydrogen-bond acceptors (Lipinski definition) is 4. The van der Waals surface area contributed by atoms with Crippen LogP contribution in [0.4, 0.5) is 10.5 Å². The largest absolute Gasteiger partial charge is 0.506 e. The second kappa shape index (κ2) is 6.57. The van der Waals surface area contributed by atoms with E-state index >= 15 is 0 Å². The van der Waals surface area contributed by atoms with Crippen molar-refractivity contribution in [3.05, 3.63) is 23.8 Å². The zero-order valence-corrected chi connectivity index (χ0v) is 12.0. The lowest BCUT2D eigenvalue weighted by Gasteiger charge is -2.22. The standard InChI is InChI=1S/C13H16N2O5S/c16-11-7-8(12(17)18)1-2-10(11)15-13(19)14-9-3-5-21(20)6-4-9/h1-2,7,9,16H,3-6H2,(H,17,18)(H2,14,15,19). The molecule has 1 saturated heterocycles. The molecule has 2 rings (SSSR count). The first kappa shape index (κ1) is 15.3. The molecule has 0 aliphatic carbocycles. The van der Waals surface area contributed by atoms with Gasteiger partial charge in [0.05, 0.1) is 11.3 Å². The number of carboxylic acids is 1.